The van der Waals surface area contributed by atoms with Crippen LogP contribution in [0, 0.1) is 0 Å². The zero-order valence-corrected chi connectivity index (χ0v) is 9.98. The van der Waals surface area contributed by atoms with Crippen LogP contribution >= 0.6 is 0 Å². The standard InChI is InChI=1S/C13H13NO3/c1-13(2,3)17-12(16)10-8-6-4-5-7-9(8)14-11(10)15/h4-7H,1-3H3. The lowest BCUT2D eigenvalue weighted by molar-refractivity contribution is -0.148. The Morgan fingerprint density at radius 2 is 1.88 bits per heavy atom. The summed E-state index contributed by atoms with van der Waals surface area (Å²) in [5.41, 5.74) is -0.599. The molecule has 1 aromatic carbocycles. The van der Waals surface area contributed by atoms with Gasteiger partial charge in [-0.15, -0.1) is 0 Å². The van der Waals surface area contributed by atoms with Gasteiger partial charge in [0.15, 0.2) is 0 Å². The van der Waals surface area contributed by atoms with E-state index in [9.17, 15) is 9.59 Å². The Kier molecular flexibility index (Phi) is 2.58. The fourth-order valence-corrected chi connectivity index (χ4v) is 1.59. The maximum atomic E-state index is 11.9. The topological polar surface area (TPSA) is 55.7 Å². The van der Waals surface area contributed by atoms with Gasteiger partial charge in [0.05, 0.1) is 5.36 Å². The summed E-state index contributed by atoms with van der Waals surface area (Å²) in [5, 5.41) is 1.07. The van der Waals surface area contributed by atoms with Crippen molar-refractivity contribution in [3.8, 4) is 0 Å². The highest BCUT2D eigenvalue weighted by Crippen LogP contribution is 2.12. The first-order chi connectivity index (χ1) is 7.88. The van der Waals surface area contributed by atoms with Crippen molar-refractivity contribution >= 4 is 17.4 Å². The van der Waals surface area contributed by atoms with Gasteiger partial charge < -0.3 is 4.74 Å². The maximum absolute atomic E-state index is 11.9. The van der Waals surface area contributed by atoms with Gasteiger partial charge in [0.2, 0.25) is 0 Å². The Morgan fingerprint density at radius 1 is 1.24 bits per heavy atom. The van der Waals surface area contributed by atoms with Gasteiger partial charge in [0.25, 0.3) is 5.91 Å². The molecule has 0 unspecified atom stereocenters. The number of nitrogens with zero attached hydrogens (tertiary/aromatic N) is 1. The van der Waals surface area contributed by atoms with Crippen molar-refractivity contribution in [2.45, 2.75) is 26.4 Å². The van der Waals surface area contributed by atoms with Crippen LogP contribution in [0.25, 0.3) is 5.57 Å². The van der Waals surface area contributed by atoms with E-state index in [0.29, 0.717) is 10.6 Å². The molecule has 4 heteroatoms. The summed E-state index contributed by atoms with van der Waals surface area (Å²) < 4.78 is 5.19. The molecule has 0 bridgehead atoms. The zero-order valence-electron chi connectivity index (χ0n) is 9.98. The molecule has 1 aliphatic rings. The smallest absolute Gasteiger partial charge is 0.345 e. The van der Waals surface area contributed by atoms with E-state index in [1.807, 2.05) is 0 Å². The average Bonchev–Trinajstić information content (AvgIpc) is 2.50. The normalized spacial score (nSPS) is 14.3. The van der Waals surface area contributed by atoms with Crippen molar-refractivity contribution in [2.75, 3.05) is 0 Å². The van der Waals surface area contributed by atoms with Crippen LogP contribution in [0.15, 0.2) is 29.3 Å². The number of para-hydroxylation sites is 1. The number of benzene rings is 1. The number of fused-ring (bicyclic) bond motifs is 1. The molecule has 1 aromatic rings. The first kappa shape index (κ1) is 11.5. The summed E-state index contributed by atoms with van der Waals surface area (Å²) in [6, 6.07) is 6.93. The molecule has 0 fully saturated rings. The summed E-state index contributed by atoms with van der Waals surface area (Å²) in [7, 11) is 0. The first-order valence-electron chi connectivity index (χ1n) is 5.34. The first-order valence-corrected chi connectivity index (χ1v) is 5.34. The number of carbonyl (C=O) groups excluding carboxylic acids is 2. The second-order valence-corrected chi connectivity index (χ2v) is 4.81. The molecular formula is C13H13NO3. The Balaban J connectivity index is 2.51. The lowest BCUT2D eigenvalue weighted by atomic mass is 10.1. The number of ether oxygens (including phenoxy) is 1. The van der Waals surface area contributed by atoms with Gasteiger partial charge >= 0.3 is 5.97 Å². The van der Waals surface area contributed by atoms with Crippen molar-refractivity contribution in [1.82, 2.24) is 0 Å². The third-order valence-electron chi connectivity index (χ3n) is 2.21. The van der Waals surface area contributed by atoms with Crippen LogP contribution in [-0.2, 0) is 14.3 Å². The molecule has 17 heavy (non-hydrogen) atoms. The van der Waals surface area contributed by atoms with Gasteiger partial charge in [0, 0.05) is 5.22 Å². The monoisotopic (exact) mass is 231 g/mol. The van der Waals surface area contributed by atoms with Crippen LogP contribution in [0.4, 0.5) is 0 Å². The highest BCUT2D eigenvalue weighted by Gasteiger charge is 2.28. The van der Waals surface area contributed by atoms with Gasteiger partial charge in [-0.3, -0.25) is 4.79 Å². The van der Waals surface area contributed by atoms with Crippen molar-refractivity contribution in [2.24, 2.45) is 4.99 Å². The van der Waals surface area contributed by atoms with Crippen molar-refractivity contribution in [3.05, 3.63) is 34.8 Å². The van der Waals surface area contributed by atoms with E-state index in [1.54, 1.807) is 45.0 Å². The van der Waals surface area contributed by atoms with Gasteiger partial charge in [-0.05, 0) is 26.8 Å². The van der Waals surface area contributed by atoms with E-state index < -0.39 is 17.5 Å². The molecule has 0 atom stereocenters. The minimum atomic E-state index is -0.623. The van der Waals surface area contributed by atoms with Crippen molar-refractivity contribution in [1.29, 1.82) is 0 Å². The van der Waals surface area contributed by atoms with Crippen LogP contribution in [0.3, 0.4) is 0 Å². The Labute approximate surface area is 98.6 Å². The quantitative estimate of drug-likeness (QED) is 0.655. The number of amides is 1. The number of carbonyl (C=O) groups is 2. The molecule has 0 radical (unpaired) electrons. The molecule has 0 saturated heterocycles. The second-order valence-electron chi connectivity index (χ2n) is 4.81. The summed E-state index contributed by atoms with van der Waals surface area (Å²) in [6.45, 7) is 5.27. The number of esters is 1. The molecule has 4 nitrogen and oxygen atoms in total. The second kappa shape index (κ2) is 3.80. The van der Waals surface area contributed by atoms with Crippen LogP contribution in [-0.4, -0.2) is 17.5 Å². The predicted octanol–water partition coefficient (Wildman–Crippen LogP) is 0.339. The van der Waals surface area contributed by atoms with Crippen molar-refractivity contribution in [3.63, 3.8) is 0 Å². The Bertz CT molecular complexity index is 608. The maximum Gasteiger partial charge on any atom is 0.345 e. The molecule has 0 N–H and O–H groups in total. The van der Waals surface area contributed by atoms with E-state index in [1.165, 1.54) is 0 Å². The molecule has 0 saturated carbocycles. The lowest BCUT2D eigenvalue weighted by Crippen LogP contribution is -2.30. The molecule has 1 heterocycles. The summed E-state index contributed by atoms with van der Waals surface area (Å²) in [4.78, 5) is 27.4. The predicted molar refractivity (Wildman–Crippen MR) is 61.5 cm³/mol. The number of rotatable bonds is 1. The Hall–Kier alpha value is -1.97. The van der Waals surface area contributed by atoms with E-state index in [-0.39, 0.29) is 5.57 Å². The fraction of sp³-hybridized carbons (Fsp3) is 0.308. The molecule has 1 aliphatic heterocycles. The fourth-order valence-electron chi connectivity index (χ4n) is 1.59. The minimum absolute atomic E-state index is 0.0236. The molecule has 2 rings (SSSR count). The van der Waals surface area contributed by atoms with Gasteiger partial charge in [-0.2, -0.15) is 0 Å². The van der Waals surface area contributed by atoms with Gasteiger partial charge in [-0.25, -0.2) is 9.79 Å². The van der Waals surface area contributed by atoms with E-state index in [4.69, 9.17) is 4.74 Å². The SMILES string of the molecule is CC(C)(C)OC(=O)C1=c2ccccc2=NC1=O. The minimum Gasteiger partial charge on any atom is -0.456 e. The number of hydrogen-bond donors (Lipinski definition) is 0. The van der Waals surface area contributed by atoms with Crippen LogP contribution in [0.2, 0.25) is 0 Å². The summed E-state index contributed by atoms with van der Waals surface area (Å²) in [6.07, 6.45) is 0. The summed E-state index contributed by atoms with van der Waals surface area (Å²) in [5.74, 6) is -1.14. The highest BCUT2D eigenvalue weighted by atomic mass is 16.6. The van der Waals surface area contributed by atoms with Gasteiger partial charge in [0.1, 0.15) is 11.2 Å². The third kappa shape index (κ3) is 2.25. The Morgan fingerprint density at radius 3 is 2.53 bits per heavy atom. The molecule has 0 aromatic heterocycles. The van der Waals surface area contributed by atoms with Crippen molar-refractivity contribution < 1.29 is 14.3 Å². The van der Waals surface area contributed by atoms with E-state index >= 15 is 0 Å². The van der Waals surface area contributed by atoms with Gasteiger partial charge in [-0.1, -0.05) is 18.2 Å². The summed E-state index contributed by atoms with van der Waals surface area (Å²) >= 11 is 0. The molecule has 1 amide bonds. The lowest BCUT2D eigenvalue weighted by Gasteiger charge is -2.19. The van der Waals surface area contributed by atoms with E-state index in [2.05, 4.69) is 4.99 Å². The zero-order chi connectivity index (χ0) is 12.6. The molecular weight excluding hydrogens is 218 g/mol. The molecule has 0 aliphatic carbocycles. The third-order valence-corrected chi connectivity index (χ3v) is 2.21. The van der Waals surface area contributed by atoms with E-state index in [0.717, 1.165) is 0 Å². The largest absolute Gasteiger partial charge is 0.456 e. The number of hydrogen-bond acceptors (Lipinski definition) is 3. The van der Waals surface area contributed by atoms with Crippen LogP contribution in [0.5, 0.6) is 0 Å². The average molecular weight is 231 g/mol. The molecule has 88 valence electrons. The van der Waals surface area contributed by atoms with Crippen LogP contribution in [0.1, 0.15) is 20.8 Å². The molecule has 0 spiro atoms. The highest BCUT2D eigenvalue weighted by molar-refractivity contribution is 6.39. The van der Waals surface area contributed by atoms with Crippen LogP contribution < -0.4 is 10.6 Å².